The number of hydrogen-bond donors (Lipinski definition) is 1. The molecule has 4 heteroatoms. The van der Waals surface area contributed by atoms with E-state index < -0.39 is 0 Å². The van der Waals surface area contributed by atoms with Crippen LogP contribution in [0.3, 0.4) is 0 Å². The first-order chi connectivity index (χ1) is 9.11. The monoisotopic (exact) mass is 258 g/mol. The number of rotatable bonds is 2. The Morgan fingerprint density at radius 3 is 2.58 bits per heavy atom. The zero-order valence-corrected chi connectivity index (χ0v) is 10.1. The topological polar surface area (TPSA) is 30.9 Å². The lowest BCUT2D eigenvalue weighted by atomic mass is 10.2. The number of fused-ring (bicyclic) bond motifs is 1. The number of benzene rings is 2. The quantitative estimate of drug-likeness (QED) is 0.700. The molecule has 2 N–H and O–H groups in total. The summed E-state index contributed by atoms with van der Waals surface area (Å²) in [6, 6.07) is 10.9. The second-order valence-electron chi connectivity index (χ2n) is 4.54. The van der Waals surface area contributed by atoms with Crippen molar-refractivity contribution in [3.05, 3.63) is 65.9 Å². The predicted octanol–water partition coefficient (Wildman–Crippen LogP) is 3.55. The van der Waals surface area contributed by atoms with Gasteiger partial charge in [-0.25, -0.2) is 8.78 Å². The van der Waals surface area contributed by atoms with Crippen LogP contribution in [0.4, 0.5) is 14.5 Å². The van der Waals surface area contributed by atoms with E-state index in [0.717, 1.165) is 16.5 Å². The van der Waals surface area contributed by atoms with E-state index in [1.54, 1.807) is 12.1 Å². The van der Waals surface area contributed by atoms with Crippen LogP contribution in [-0.2, 0) is 6.54 Å². The van der Waals surface area contributed by atoms with Gasteiger partial charge in [0.15, 0.2) is 0 Å². The molecule has 0 atom stereocenters. The van der Waals surface area contributed by atoms with Crippen molar-refractivity contribution >= 4 is 16.6 Å². The van der Waals surface area contributed by atoms with Crippen molar-refractivity contribution in [2.45, 2.75) is 6.54 Å². The highest BCUT2D eigenvalue weighted by molar-refractivity contribution is 5.80. The zero-order valence-electron chi connectivity index (χ0n) is 10.1. The number of nitrogens with zero attached hydrogens (tertiary/aromatic N) is 1. The molecule has 0 aliphatic carbocycles. The maximum absolute atomic E-state index is 13.3. The van der Waals surface area contributed by atoms with Crippen molar-refractivity contribution in [2.24, 2.45) is 0 Å². The Labute approximate surface area is 109 Å². The minimum Gasteiger partial charge on any atom is -0.399 e. The van der Waals surface area contributed by atoms with Crippen LogP contribution < -0.4 is 5.73 Å². The molecule has 1 aromatic heterocycles. The second-order valence-corrected chi connectivity index (χ2v) is 4.54. The molecule has 0 aliphatic heterocycles. The maximum Gasteiger partial charge on any atom is 0.125 e. The van der Waals surface area contributed by atoms with Gasteiger partial charge >= 0.3 is 0 Å². The Morgan fingerprint density at radius 1 is 0.947 bits per heavy atom. The molecule has 2 aromatic carbocycles. The summed E-state index contributed by atoms with van der Waals surface area (Å²) in [5.41, 5.74) is 7.71. The maximum atomic E-state index is 13.3. The molecule has 0 bridgehead atoms. The van der Waals surface area contributed by atoms with Crippen LogP contribution in [-0.4, -0.2) is 4.57 Å². The van der Waals surface area contributed by atoms with Gasteiger partial charge in [0.1, 0.15) is 11.6 Å². The number of aromatic nitrogens is 1. The van der Waals surface area contributed by atoms with Gasteiger partial charge in [0, 0.05) is 29.3 Å². The van der Waals surface area contributed by atoms with Crippen LogP contribution in [0, 0.1) is 11.6 Å². The third kappa shape index (κ3) is 2.29. The van der Waals surface area contributed by atoms with E-state index in [1.807, 2.05) is 16.8 Å². The third-order valence-electron chi connectivity index (χ3n) is 3.07. The first-order valence-electron chi connectivity index (χ1n) is 5.91. The number of hydrogen-bond acceptors (Lipinski definition) is 1. The third-order valence-corrected chi connectivity index (χ3v) is 3.07. The highest BCUT2D eigenvalue weighted by Crippen LogP contribution is 2.19. The summed E-state index contributed by atoms with van der Waals surface area (Å²) in [5, 5.41) is 0.823. The van der Waals surface area contributed by atoms with Gasteiger partial charge < -0.3 is 10.3 Å². The van der Waals surface area contributed by atoms with E-state index in [2.05, 4.69) is 0 Å². The summed E-state index contributed by atoms with van der Waals surface area (Å²) in [4.78, 5) is 0. The molecule has 0 aliphatic rings. The van der Waals surface area contributed by atoms with Crippen molar-refractivity contribution in [3.63, 3.8) is 0 Å². The molecular formula is C15H12F2N2. The van der Waals surface area contributed by atoms with Crippen LogP contribution in [0.15, 0.2) is 48.7 Å². The smallest absolute Gasteiger partial charge is 0.125 e. The highest BCUT2D eigenvalue weighted by Gasteiger charge is 2.04. The molecular weight excluding hydrogens is 246 g/mol. The van der Waals surface area contributed by atoms with Gasteiger partial charge in [-0.15, -0.1) is 0 Å². The molecule has 0 amide bonds. The van der Waals surface area contributed by atoms with Crippen molar-refractivity contribution in [1.82, 2.24) is 4.57 Å². The summed E-state index contributed by atoms with van der Waals surface area (Å²) < 4.78 is 28.3. The minimum atomic E-state index is -0.350. The van der Waals surface area contributed by atoms with Gasteiger partial charge in [-0.1, -0.05) is 0 Å². The molecule has 0 saturated carbocycles. The SMILES string of the molecule is Nc1cc(F)cc(Cn2ccc3cc(F)ccc32)c1. The van der Waals surface area contributed by atoms with Crippen LogP contribution in [0.5, 0.6) is 0 Å². The van der Waals surface area contributed by atoms with Gasteiger partial charge in [-0.2, -0.15) is 0 Å². The number of halogens is 2. The summed E-state index contributed by atoms with van der Waals surface area (Å²) in [6.45, 7) is 0.497. The first-order valence-corrected chi connectivity index (χ1v) is 5.91. The molecule has 2 nitrogen and oxygen atoms in total. The van der Waals surface area contributed by atoms with Crippen molar-refractivity contribution in [1.29, 1.82) is 0 Å². The summed E-state index contributed by atoms with van der Waals surface area (Å²) in [5.74, 6) is -0.613. The number of nitrogens with two attached hydrogens (primary N) is 1. The average Bonchev–Trinajstić information content (AvgIpc) is 2.70. The van der Waals surface area contributed by atoms with E-state index in [-0.39, 0.29) is 11.6 Å². The Bertz CT molecular complexity index is 727. The summed E-state index contributed by atoms with van der Waals surface area (Å²) in [6.07, 6.45) is 1.85. The van der Waals surface area contributed by atoms with Gasteiger partial charge in [-0.05, 0) is 48.0 Å². The lowest BCUT2D eigenvalue weighted by molar-refractivity contribution is 0.624. The Balaban J connectivity index is 2.01. The molecule has 0 radical (unpaired) electrons. The van der Waals surface area contributed by atoms with E-state index in [1.165, 1.54) is 24.3 Å². The molecule has 3 rings (SSSR count). The highest BCUT2D eigenvalue weighted by atomic mass is 19.1. The van der Waals surface area contributed by atoms with Gasteiger partial charge in [-0.3, -0.25) is 0 Å². The minimum absolute atomic E-state index is 0.264. The van der Waals surface area contributed by atoms with Crippen LogP contribution in [0.2, 0.25) is 0 Å². The molecule has 3 aromatic rings. The van der Waals surface area contributed by atoms with E-state index in [9.17, 15) is 8.78 Å². The molecule has 0 spiro atoms. The number of nitrogen functional groups attached to an aromatic ring is 1. The zero-order chi connectivity index (χ0) is 13.4. The number of anilines is 1. The average molecular weight is 258 g/mol. The standard InChI is InChI=1S/C15H12F2N2/c16-12-1-2-15-11(7-12)3-4-19(15)9-10-5-13(17)8-14(18)6-10/h1-8H,9,18H2. The Kier molecular flexibility index (Phi) is 2.71. The lowest BCUT2D eigenvalue weighted by Crippen LogP contribution is -1.99. The molecule has 0 fully saturated rings. The van der Waals surface area contributed by atoms with Gasteiger partial charge in [0.2, 0.25) is 0 Å². The fourth-order valence-electron chi connectivity index (χ4n) is 2.27. The van der Waals surface area contributed by atoms with Gasteiger partial charge in [0.05, 0.1) is 0 Å². The summed E-state index contributed by atoms with van der Waals surface area (Å²) >= 11 is 0. The van der Waals surface area contributed by atoms with Crippen molar-refractivity contribution in [3.8, 4) is 0 Å². The van der Waals surface area contributed by atoms with Crippen LogP contribution in [0.1, 0.15) is 5.56 Å². The van der Waals surface area contributed by atoms with E-state index in [4.69, 9.17) is 5.73 Å². The molecule has 19 heavy (non-hydrogen) atoms. The predicted molar refractivity (Wildman–Crippen MR) is 71.8 cm³/mol. The van der Waals surface area contributed by atoms with E-state index >= 15 is 0 Å². The Morgan fingerprint density at radius 2 is 1.79 bits per heavy atom. The summed E-state index contributed by atoms with van der Waals surface area (Å²) in [7, 11) is 0. The first kappa shape index (κ1) is 11.7. The molecule has 96 valence electrons. The second kappa shape index (κ2) is 4.39. The van der Waals surface area contributed by atoms with Crippen molar-refractivity contribution < 1.29 is 8.78 Å². The Hall–Kier alpha value is -2.36. The molecule has 0 saturated heterocycles. The van der Waals surface area contributed by atoms with Crippen molar-refractivity contribution in [2.75, 3.05) is 5.73 Å². The van der Waals surface area contributed by atoms with Crippen LogP contribution in [0.25, 0.3) is 10.9 Å². The van der Waals surface area contributed by atoms with E-state index in [0.29, 0.717) is 12.2 Å². The van der Waals surface area contributed by atoms with Crippen LogP contribution >= 0.6 is 0 Å². The fraction of sp³-hybridized carbons (Fsp3) is 0.0667. The normalized spacial score (nSPS) is 11.1. The lowest BCUT2D eigenvalue weighted by Gasteiger charge is -2.07. The fourth-order valence-corrected chi connectivity index (χ4v) is 2.27. The largest absolute Gasteiger partial charge is 0.399 e. The molecule has 0 unspecified atom stereocenters. The van der Waals surface area contributed by atoms with Gasteiger partial charge in [0.25, 0.3) is 0 Å². The molecule has 1 heterocycles.